The third-order valence-corrected chi connectivity index (χ3v) is 3.15. The molecule has 2 rings (SSSR count). The van der Waals surface area contributed by atoms with Gasteiger partial charge in [-0.05, 0) is 36.9 Å². The number of carbonyl (C=O) groups excluding carboxylic acids is 2. The molecule has 94 valence electrons. The van der Waals surface area contributed by atoms with Gasteiger partial charge in [0.25, 0.3) is 0 Å². The lowest BCUT2D eigenvalue weighted by Gasteiger charge is -2.10. The van der Waals surface area contributed by atoms with Crippen molar-refractivity contribution in [3.63, 3.8) is 0 Å². The number of hydrogen-bond donors (Lipinski definition) is 0. The highest BCUT2D eigenvalue weighted by Crippen LogP contribution is 2.23. The van der Waals surface area contributed by atoms with Crippen molar-refractivity contribution in [1.82, 2.24) is 4.90 Å². The molecule has 1 aromatic rings. The predicted molar refractivity (Wildman–Crippen MR) is 67.3 cm³/mol. The molecule has 0 unspecified atom stereocenters. The van der Waals surface area contributed by atoms with Crippen LogP contribution in [0.5, 0.6) is 5.75 Å². The normalized spacial score (nSPS) is 18.8. The number of rotatable bonds is 4. The van der Waals surface area contributed by atoms with Crippen LogP contribution in [-0.4, -0.2) is 30.2 Å². The molecule has 4 heteroatoms. The van der Waals surface area contributed by atoms with Gasteiger partial charge in [0.05, 0.1) is 7.11 Å². The van der Waals surface area contributed by atoms with E-state index in [1.54, 1.807) is 31.4 Å². The minimum atomic E-state index is -0.573. The summed E-state index contributed by atoms with van der Waals surface area (Å²) in [6, 6.07) is 6.81. The Morgan fingerprint density at radius 3 is 2.61 bits per heavy atom. The van der Waals surface area contributed by atoms with Crippen LogP contribution in [0.2, 0.25) is 0 Å². The fourth-order valence-corrected chi connectivity index (χ4v) is 2.08. The Kier molecular flexibility index (Phi) is 3.46. The fraction of sp³-hybridized carbons (Fsp3) is 0.286. The number of carbonyl (C=O) groups is 2. The number of methoxy groups -OCH3 is 1. The van der Waals surface area contributed by atoms with Gasteiger partial charge in [0.15, 0.2) is 5.78 Å². The standard InChI is InChI=1S/C14H15NO3/c1-3-15-9-8-12(14(15)17)13(16)10-4-6-11(18-2)7-5-10/h3-7,12H,1,8-9H2,2H3/t12-/m0/s1. The summed E-state index contributed by atoms with van der Waals surface area (Å²) in [5.41, 5.74) is 0.542. The number of Topliss-reactive ketones (excluding diaryl/α,β-unsaturated/α-hetero) is 1. The van der Waals surface area contributed by atoms with Gasteiger partial charge in [0.1, 0.15) is 11.7 Å². The zero-order chi connectivity index (χ0) is 13.1. The Morgan fingerprint density at radius 2 is 2.11 bits per heavy atom. The summed E-state index contributed by atoms with van der Waals surface area (Å²) in [6.45, 7) is 4.12. The third kappa shape index (κ3) is 2.14. The van der Waals surface area contributed by atoms with Crippen molar-refractivity contribution in [3.05, 3.63) is 42.6 Å². The van der Waals surface area contributed by atoms with Crippen LogP contribution in [0.1, 0.15) is 16.8 Å². The van der Waals surface area contributed by atoms with E-state index in [2.05, 4.69) is 6.58 Å². The molecular weight excluding hydrogens is 230 g/mol. The maximum Gasteiger partial charge on any atom is 0.237 e. The SMILES string of the molecule is C=CN1CC[C@@H](C(=O)c2ccc(OC)cc2)C1=O. The van der Waals surface area contributed by atoms with Crippen molar-refractivity contribution in [1.29, 1.82) is 0 Å². The molecule has 0 saturated carbocycles. The van der Waals surface area contributed by atoms with Crippen LogP contribution in [0.4, 0.5) is 0 Å². The van der Waals surface area contributed by atoms with Gasteiger partial charge in [-0.3, -0.25) is 9.59 Å². The van der Waals surface area contributed by atoms with Crippen molar-refractivity contribution < 1.29 is 14.3 Å². The zero-order valence-corrected chi connectivity index (χ0v) is 10.3. The summed E-state index contributed by atoms with van der Waals surface area (Å²) in [7, 11) is 1.57. The highest BCUT2D eigenvalue weighted by atomic mass is 16.5. The highest BCUT2D eigenvalue weighted by Gasteiger charge is 2.35. The van der Waals surface area contributed by atoms with E-state index in [0.29, 0.717) is 24.3 Å². The zero-order valence-electron chi connectivity index (χ0n) is 10.3. The van der Waals surface area contributed by atoms with Crippen LogP contribution < -0.4 is 4.74 Å². The second-order valence-electron chi connectivity index (χ2n) is 4.15. The topological polar surface area (TPSA) is 46.6 Å². The summed E-state index contributed by atoms with van der Waals surface area (Å²) in [5, 5.41) is 0. The van der Waals surface area contributed by atoms with E-state index < -0.39 is 5.92 Å². The molecule has 1 aliphatic heterocycles. The number of ether oxygens (including phenoxy) is 1. The molecular formula is C14H15NO3. The second-order valence-corrected chi connectivity index (χ2v) is 4.15. The Labute approximate surface area is 106 Å². The molecule has 0 bridgehead atoms. The molecule has 1 aliphatic rings. The van der Waals surface area contributed by atoms with E-state index in [0.717, 1.165) is 0 Å². The van der Waals surface area contributed by atoms with Crippen LogP contribution in [0.25, 0.3) is 0 Å². The van der Waals surface area contributed by atoms with E-state index in [9.17, 15) is 9.59 Å². The number of benzene rings is 1. The van der Waals surface area contributed by atoms with E-state index in [1.807, 2.05) is 0 Å². The van der Waals surface area contributed by atoms with Crippen molar-refractivity contribution in [2.75, 3.05) is 13.7 Å². The molecule has 0 aliphatic carbocycles. The molecule has 1 saturated heterocycles. The first kappa shape index (κ1) is 12.4. The van der Waals surface area contributed by atoms with Crippen molar-refractivity contribution in [3.8, 4) is 5.75 Å². The first-order valence-corrected chi connectivity index (χ1v) is 5.78. The number of amides is 1. The average Bonchev–Trinajstić information content (AvgIpc) is 2.79. The maximum absolute atomic E-state index is 12.2. The fourth-order valence-electron chi connectivity index (χ4n) is 2.08. The number of hydrogen-bond acceptors (Lipinski definition) is 3. The second kappa shape index (κ2) is 5.04. The minimum Gasteiger partial charge on any atom is -0.497 e. The third-order valence-electron chi connectivity index (χ3n) is 3.15. The lowest BCUT2D eigenvalue weighted by Crippen LogP contribution is -2.26. The first-order valence-electron chi connectivity index (χ1n) is 5.78. The molecule has 1 fully saturated rings. The summed E-state index contributed by atoms with van der Waals surface area (Å²) in [6.07, 6.45) is 2.03. The molecule has 4 nitrogen and oxygen atoms in total. The quantitative estimate of drug-likeness (QED) is 0.601. The van der Waals surface area contributed by atoms with Crippen LogP contribution in [0, 0.1) is 5.92 Å². The molecule has 1 aromatic carbocycles. The maximum atomic E-state index is 12.2. The summed E-state index contributed by atoms with van der Waals surface area (Å²) in [5.74, 6) is -0.175. The Balaban J connectivity index is 2.16. The van der Waals surface area contributed by atoms with E-state index in [1.165, 1.54) is 11.1 Å². The van der Waals surface area contributed by atoms with Crippen LogP contribution in [0.3, 0.4) is 0 Å². The number of likely N-dealkylation sites (tertiary alicyclic amines) is 1. The van der Waals surface area contributed by atoms with Gasteiger partial charge in [-0.2, -0.15) is 0 Å². The summed E-state index contributed by atoms with van der Waals surface area (Å²) < 4.78 is 5.03. The Morgan fingerprint density at radius 1 is 1.44 bits per heavy atom. The van der Waals surface area contributed by atoms with Crippen LogP contribution >= 0.6 is 0 Å². The molecule has 0 aromatic heterocycles. The molecule has 0 radical (unpaired) electrons. The van der Waals surface area contributed by atoms with Gasteiger partial charge in [-0.15, -0.1) is 0 Å². The smallest absolute Gasteiger partial charge is 0.237 e. The summed E-state index contributed by atoms with van der Waals surface area (Å²) >= 11 is 0. The monoisotopic (exact) mass is 245 g/mol. The molecule has 0 N–H and O–H groups in total. The van der Waals surface area contributed by atoms with Gasteiger partial charge < -0.3 is 9.64 Å². The Hall–Kier alpha value is -2.10. The van der Waals surface area contributed by atoms with Crippen LogP contribution in [-0.2, 0) is 4.79 Å². The minimum absolute atomic E-state index is 0.132. The Bertz CT molecular complexity index is 478. The van der Waals surface area contributed by atoms with Gasteiger partial charge >= 0.3 is 0 Å². The lowest BCUT2D eigenvalue weighted by atomic mass is 9.96. The van der Waals surface area contributed by atoms with Gasteiger partial charge in [-0.1, -0.05) is 6.58 Å². The molecule has 1 amide bonds. The van der Waals surface area contributed by atoms with E-state index in [4.69, 9.17) is 4.74 Å². The largest absolute Gasteiger partial charge is 0.497 e. The molecule has 18 heavy (non-hydrogen) atoms. The number of ketones is 1. The van der Waals surface area contributed by atoms with Gasteiger partial charge in [0, 0.05) is 12.1 Å². The summed E-state index contributed by atoms with van der Waals surface area (Å²) in [4.78, 5) is 25.6. The van der Waals surface area contributed by atoms with E-state index in [-0.39, 0.29) is 11.7 Å². The van der Waals surface area contributed by atoms with Gasteiger partial charge in [-0.25, -0.2) is 0 Å². The van der Waals surface area contributed by atoms with E-state index >= 15 is 0 Å². The predicted octanol–water partition coefficient (Wildman–Crippen LogP) is 1.87. The molecule has 1 heterocycles. The van der Waals surface area contributed by atoms with Gasteiger partial charge in [0.2, 0.25) is 5.91 Å². The van der Waals surface area contributed by atoms with Crippen molar-refractivity contribution in [2.24, 2.45) is 5.92 Å². The number of nitrogens with zero attached hydrogens (tertiary/aromatic N) is 1. The highest BCUT2D eigenvalue weighted by molar-refractivity contribution is 6.11. The van der Waals surface area contributed by atoms with Crippen molar-refractivity contribution in [2.45, 2.75) is 6.42 Å². The van der Waals surface area contributed by atoms with Crippen LogP contribution in [0.15, 0.2) is 37.0 Å². The molecule has 1 atom stereocenters. The first-order chi connectivity index (χ1) is 8.67. The molecule has 0 spiro atoms. The van der Waals surface area contributed by atoms with Crippen molar-refractivity contribution >= 4 is 11.7 Å². The average molecular weight is 245 g/mol. The lowest BCUT2D eigenvalue weighted by molar-refractivity contribution is -0.127.